The maximum atomic E-state index is 13.7. The number of alkyl halides is 3. The smallest absolute Gasteiger partial charge is 0.370 e. The number of benzene rings is 1. The van der Waals surface area contributed by atoms with Gasteiger partial charge in [-0.1, -0.05) is 23.7 Å². The van der Waals surface area contributed by atoms with Gasteiger partial charge < -0.3 is 10.7 Å². The number of halogens is 4. The summed E-state index contributed by atoms with van der Waals surface area (Å²) in [5, 5.41) is 0.582. The van der Waals surface area contributed by atoms with Crippen molar-refractivity contribution in [3.8, 4) is 11.3 Å². The van der Waals surface area contributed by atoms with Crippen molar-refractivity contribution in [2.45, 2.75) is 18.5 Å². The molecule has 3 N–H and O–H groups in total. The van der Waals surface area contributed by atoms with Crippen molar-refractivity contribution >= 4 is 28.4 Å². The van der Waals surface area contributed by atoms with E-state index in [0.717, 1.165) is 0 Å². The zero-order chi connectivity index (χ0) is 19.8. The fourth-order valence-corrected chi connectivity index (χ4v) is 3.10. The van der Waals surface area contributed by atoms with Crippen LogP contribution in [0.15, 0.2) is 47.4 Å². The van der Waals surface area contributed by atoms with E-state index < -0.39 is 30.0 Å². The van der Waals surface area contributed by atoms with Gasteiger partial charge in [0, 0.05) is 18.0 Å². The first-order valence-corrected chi connectivity index (χ1v) is 8.18. The lowest BCUT2D eigenvalue weighted by atomic mass is 9.90. The van der Waals surface area contributed by atoms with Gasteiger partial charge in [0.2, 0.25) is 5.91 Å². The number of fused-ring (bicyclic) bond motifs is 1. The van der Waals surface area contributed by atoms with Crippen LogP contribution in [0, 0.1) is 0 Å². The molecule has 0 aliphatic heterocycles. The van der Waals surface area contributed by atoms with Crippen molar-refractivity contribution in [1.29, 1.82) is 0 Å². The quantitative estimate of drug-likeness (QED) is 0.704. The number of hydrogen-bond acceptors (Lipinski definition) is 3. The van der Waals surface area contributed by atoms with Crippen LogP contribution in [0.25, 0.3) is 22.2 Å². The molecule has 9 heteroatoms. The molecular weight excluding hydrogens is 383 g/mol. The summed E-state index contributed by atoms with van der Waals surface area (Å²) in [6, 6.07) is 8.73. The first kappa shape index (κ1) is 18.9. The van der Waals surface area contributed by atoms with Crippen molar-refractivity contribution in [2.24, 2.45) is 5.73 Å². The second-order valence-corrected chi connectivity index (χ2v) is 6.32. The standard InChI is InChI=1S/C18H13ClF3N3O2/c19-13-5-1-3-9-7-11(12(8-14(23)26)18(20,21)22)16(25-15(9)13)10-4-2-6-24-17(10)27/h1-7,12H,8H2,(H2,23,26)(H,24,27)/t12-/m1/s1. The molecule has 0 aliphatic rings. The molecule has 3 aromatic rings. The third-order valence-corrected chi connectivity index (χ3v) is 4.38. The Kier molecular flexibility index (Phi) is 4.93. The van der Waals surface area contributed by atoms with Crippen molar-refractivity contribution in [1.82, 2.24) is 9.97 Å². The van der Waals surface area contributed by atoms with Gasteiger partial charge in [0.15, 0.2) is 0 Å². The van der Waals surface area contributed by atoms with Crippen LogP contribution in [0.5, 0.6) is 0 Å². The number of pyridine rings is 2. The highest BCUT2D eigenvalue weighted by Gasteiger charge is 2.43. The zero-order valence-corrected chi connectivity index (χ0v) is 14.4. The van der Waals surface area contributed by atoms with E-state index in [1.807, 2.05) is 0 Å². The van der Waals surface area contributed by atoms with E-state index >= 15 is 0 Å². The summed E-state index contributed by atoms with van der Waals surface area (Å²) in [7, 11) is 0. The molecule has 140 valence electrons. The number of carbonyl (C=O) groups excluding carboxylic acids is 1. The molecular formula is C18H13ClF3N3O2. The summed E-state index contributed by atoms with van der Waals surface area (Å²) < 4.78 is 41.1. The second-order valence-electron chi connectivity index (χ2n) is 5.92. The molecule has 1 aromatic carbocycles. The minimum absolute atomic E-state index is 0.0620. The van der Waals surface area contributed by atoms with Gasteiger partial charge in [-0.2, -0.15) is 13.2 Å². The number of rotatable bonds is 4. The molecule has 0 radical (unpaired) electrons. The highest BCUT2D eigenvalue weighted by atomic mass is 35.5. The first-order chi connectivity index (χ1) is 12.7. The summed E-state index contributed by atoms with van der Waals surface area (Å²) in [6.45, 7) is 0. The number of H-pyrrole nitrogens is 1. The van der Waals surface area contributed by atoms with Gasteiger partial charge in [-0.05, 0) is 29.8 Å². The number of nitrogens with zero attached hydrogens (tertiary/aromatic N) is 1. The van der Waals surface area contributed by atoms with Crippen LogP contribution in [-0.4, -0.2) is 22.1 Å². The second kappa shape index (κ2) is 7.03. The molecule has 0 saturated heterocycles. The summed E-state index contributed by atoms with van der Waals surface area (Å²) in [5.74, 6) is -3.32. The van der Waals surface area contributed by atoms with Crippen LogP contribution < -0.4 is 11.3 Å². The SMILES string of the molecule is NC(=O)C[C@H](c1cc2cccc(Cl)c2nc1-c1ccc[nH]c1=O)C(F)(F)F. The van der Waals surface area contributed by atoms with Crippen LogP contribution in [0.3, 0.4) is 0 Å². The number of carbonyl (C=O) groups is 1. The van der Waals surface area contributed by atoms with Gasteiger partial charge in [-0.3, -0.25) is 9.59 Å². The minimum Gasteiger partial charge on any atom is -0.370 e. The Balaban J connectivity index is 2.39. The lowest BCUT2D eigenvalue weighted by Crippen LogP contribution is -2.27. The third kappa shape index (κ3) is 3.80. The zero-order valence-electron chi connectivity index (χ0n) is 13.7. The Morgan fingerprint density at radius 1 is 1.26 bits per heavy atom. The first-order valence-electron chi connectivity index (χ1n) is 7.80. The molecule has 0 saturated carbocycles. The molecule has 5 nitrogen and oxygen atoms in total. The Bertz CT molecular complexity index is 1080. The normalized spacial score (nSPS) is 12.9. The lowest BCUT2D eigenvalue weighted by molar-refractivity contribution is -0.156. The number of amides is 1. The number of nitrogens with one attached hydrogen (secondary N) is 1. The summed E-state index contributed by atoms with van der Waals surface area (Å²) in [5.41, 5.74) is 4.10. The Morgan fingerprint density at radius 2 is 2.00 bits per heavy atom. The van der Waals surface area contributed by atoms with Gasteiger partial charge in [-0.15, -0.1) is 0 Å². The average Bonchev–Trinajstić information content (AvgIpc) is 2.59. The van der Waals surface area contributed by atoms with E-state index in [4.69, 9.17) is 17.3 Å². The molecule has 0 bridgehead atoms. The van der Waals surface area contributed by atoms with E-state index in [0.29, 0.717) is 5.39 Å². The molecule has 1 amide bonds. The third-order valence-electron chi connectivity index (χ3n) is 4.08. The van der Waals surface area contributed by atoms with Crippen molar-refractivity contribution in [3.63, 3.8) is 0 Å². The van der Waals surface area contributed by atoms with Crippen molar-refractivity contribution in [3.05, 3.63) is 63.5 Å². The fraction of sp³-hybridized carbons (Fsp3) is 0.167. The summed E-state index contributed by atoms with van der Waals surface area (Å²) in [4.78, 5) is 30.1. The van der Waals surface area contributed by atoms with E-state index in [2.05, 4.69) is 9.97 Å². The van der Waals surface area contributed by atoms with Crippen molar-refractivity contribution < 1.29 is 18.0 Å². The maximum absolute atomic E-state index is 13.7. The van der Waals surface area contributed by atoms with Crippen LogP contribution in [0.1, 0.15) is 17.9 Å². The Hall–Kier alpha value is -2.87. The topological polar surface area (TPSA) is 88.8 Å². The van der Waals surface area contributed by atoms with Gasteiger partial charge in [0.05, 0.1) is 27.7 Å². The maximum Gasteiger partial charge on any atom is 0.396 e. The number of nitrogens with two attached hydrogens (primary N) is 1. The number of para-hydroxylation sites is 1. The van der Waals surface area contributed by atoms with Crippen LogP contribution in [0.4, 0.5) is 13.2 Å². The number of aromatic amines is 1. The highest BCUT2D eigenvalue weighted by molar-refractivity contribution is 6.35. The van der Waals surface area contributed by atoms with E-state index in [9.17, 15) is 22.8 Å². The van der Waals surface area contributed by atoms with E-state index in [-0.39, 0.29) is 27.4 Å². The van der Waals surface area contributed by atoms with Gasteiger partial charge in [-0.25, -0.2) is 4.98 Å². The number of primary amides is 1. The minimum atomic E-state index is -4.76. The fourth-order valence-electron chi connectivity index (χ4n) is 2.87. The van der Waals surface area contributed by atoms with Crippen molar-refractivity contribution in [2.75, 3.05) is 0 Å². The molecule has 2 heterocycles. The van der Waals surface area contributed by atoms with E-state index in [1.54, 1.807) is 18.2 Å². The molecule has 27 heavy (non-hydrogen) atoms. The summed E-state index contributed by atoms with van der Waals surface area (Å²) in [6.07, 6.45) is -4.38. The highest BCUT2D eigenvalue weighted by Crippen LogP contribution is 2.42. The van der Waals surface area contributed by atoms with Gasteiger partial charge in [0.25, 0.3) is 5.56 Å². The Morgan fingerprint density at radius 3 is 2.63 bits per heavy atom. The predicted molar refractivity (Wildman–Crippen MR) is 95.4 cm³/mol. The number of hydrogen-bond donors (Lipinski definition) is 2. The lowest BCUT2D eigenvalue weighted by Gasteiger charge is -2.22. The van der Waals surface area contributed by atoms with E-state index in [1.165, 1.54) is 24.4 Å². The molecule has 2 aromatic heterocycles. The predicted octanol–water partition coefficient (Wildman–Crippen LogP) is 3.76. The molecule has 3 rings (SSSR count). The molecule has 0 spiro atoms. The number of aromatic nitrogens is 2. The monoisotopic (exact) mass is 395 g/mol. The van der Waals surface area contributed by atoms with Crippen LogP contribution in [-0.2, 0) is 4.79 Å². The van der Waals surface area contributed by atoms with Gasteiger partial charge in [0.1, 0.15) is 0 Å². The molecule has 1 atom stereocenters. The largest absolute Gasteiger partial charge is 0.396 e. The van der Waals surface area contributed by atoms with Crippen LogP contribution in [0.2, 0.25) is 5.02 Å². The molecule has 0 fully saturated rings. The van der Waals surface area contributed by atoms with Crippen LogP contribution >= 0.6 is 11.6 Å². The summed E-state index contributed by atoms with van der Waals surface area (Å²) >= 11 is 6.12. The Labute approximate surface area is 156 Å². The average molecular weight is 396 g/mol. The van der Waals surface area contributed by atoms with Gasteiger partial charge >= 0.3 is 6.18 Å². The molecule has 0 aliphatic carbocycles. The molecule has 0 unspecified atom stereocenters.